The van der Waals surface area contributed by atoms with Crippen LogP contribution in [0.15, 0.2) is 47.3 Å². The van der Waals surface area contributed by atoms with Gasteiger partial charge in [-0.2, -0.15) is 0 Å². The highest BCUT2D eigenvalue weighted by atomic mass is 35.5. The topological polar surface area (TPSA) is 64.4 Å². The molecule has 3 rings (SSSR count). The first-order valence-corrected chi connectivity index (χ1v) is 9.29. The zero-order valence-corrected chi connectivity index (χ0v) is 16.9. The molecule has 1 heterocycles. The number of fused-ring (bicyclic) bond motifs is 1. The van der Waals surface area contributed by atoms with Crippen LogP contribution in [0.3, 0.4) is 0 Å². The van der Waals surface area contributed by atoms with Gasteiger partial charge >= 0.3 is 0 Å². The van der Waals surface area contributed by atoms with Gasteiger partial charge in [0.2, 0.25) is 5.91 Å². The van der Waals surface area contributed by atoms with Gasteiger partial charge in [0.05, 0.1) is 18.0 Å². The Balaban J connectivity index is 1.72. The number of hydrogen-bond acceptors (Lipinski definition) is 4. The quantitative estimate of drug-likeness (QED) is 0.638. The Morgan fingerprint density at radius 2 is 2.00 bits per heavy atom. The van der Waals surface area contributed by atoms with Crippen LogP contribution in [0.5, 0.6) is 5.75 Å². The average molecular weight is 400 g/mol. The van der Waals surface area contributed by atoms with Crippen LogP contribution in [0.2, 0.25) is 5.02 Å². The number of para-hydroxylation sites is 1. The molecule has 0 spiro atoms. The van der Waals surface area contributed by atoms with E-state index in [-0.39, 0.29) is 17.9 Å². The van der Waals surface area contributed by atoms with Gasteiger partial charge in [-0.15, -0.1) is 0 Å². The van der Waals surface area contributed by atoms with Crippen molar-refractivity contribution in [1.82, 2.24) is 14.5 Å². The summed E-state index contributed by atoms with van der Waals surface area (Å²) >= 11 is 6.06. The Labute approximate surface area is 168 Å². The number of carbonyl (C=O) groups is 1. The smallest absolute Gasteiger partial charge is 0.261 e. The SMILES string of the molecule is COc1ccc(Cl)cc1CN(C)C(=O)CCc1nc2ccccc2c(=O)n1C. The van der Waals surface area contributed by atoms with Gasteiger partial charge in [-0.25, -0.2) is 4.98 Å². The Morgan fingerprint density at radius 3 is 2.75 bits per heavy atom. The van der Waals surface area contributed by atoms with E-state index in [9.17, 15) is 9.59 Å². The van der Waals surface area contributed by atoms with Gasteiger partial charge in [0.1, 0.15) is 11.6 Å². The summed E-state index contributed by atoms with van der Waals surface area (Å²) in [5.41, 5.74) is 1.37. The Kier molecular flexibility index (Phi) is 5.99. The highest BCUT2D eigenvalue weighted by Gasteiger charge is 2.15. The number of hydrogen-bond donors (Lipinski definition) is 0. The number of halogens is 1. The fourth-order valence-corrected chi connectivity index (χ4v) is 3.31. The number of aryl methyl sites for hydroxylation is 1. The van der Waals surface area contributed by atoms with Crippen molar-refractivity contribution in [2.45, 2.75) is 19.4 Å². The molecule has 2 aromatic carbocycles. The molecule has 0 radical (unpaired) electrons. The third-order valence-electron chi connectivity index (χ3n) is 4.71. The monoisotopic (exact) mass is 399 g/mol. The summed E-state index contributed by atoms with van der Waals surface area (Å²) < 4.78 is 6.84. The predicted octanol–water partition coefficient (Wildman–Crippen LogP) is 3.19. The molecule has 0 aliphatic carbocycles. The fourth-order valence-electron chi connectivity index (χ4n) is 3.11. The van der Waals surface area contributed by atoms with Crippen LogP contribution in [0.4, 0.5) is 0 Å². The molecule has 7 heteroatoms. The van der Waals surface area contributed by atoms with Gasteiger partial charge in [0.15, 0.2) is 0 Å². The van der Waals surface area contributed by atoms with E-state index in [4.69, 9.17) is 16.3 Å². The van der Waals surface area contributed by atoms with Crippen LogP contribution >= 0.6 is 11.6 Å². The molecule has 28 heavy (non-hydrogen) atoms. The van der Waals surface area contributed by atoms with E-state index in [0.717, 1.165) is 5.56 Å². The first-order chi connectivity index (χ1) is 13.4. The molecule has 0 unspecified atom stereocenters. The van der Waals surface area contributed by atoms with Crippen molar-refractivity contribution in [3.05, 3.63) is 69.2 Å². The molecule has 1 amide bonds. The predicted molar refractivity (Wildman–Crippen MR) is 110 cm³/mol. The molecule has 0 fully saturated rings. The second-order valence-corrected chi connectivity index (χ2v) is 7.05. The standard InChI is InChI=1S/C21H22ClN3O3/c1-24(13-14-12-15(22)8-9-18(14)28-3)20(26)11-10-19-23-17-7-5-4-6-16(17)21(27)25(19)2/h4-9,12H,10-11,13H2,1-3H3. The van der Waals surface area contributed by atoms with E-state index in [0.29, 0.717) is 40.5 Å². The number of methoxy groups -OCH3 is 1. The number of rotatable bonds is 6. The van der Waals surface area contributed by atoms with E-state index in [2.05, 4.69) is 4.98 Å². The van der Waals surface area contributed by atoms with Gasteiger partial charge in [-0.3, -0.25) is 14.2 Å². The highest BCUT2D eigenvalue weighted by Crippen LogP contribution is 2.24. The molecule has 0 aliphatic rings. The normalized spacial score (nSPS) is 10.9. The summed E-state index contributed by atoms with van der Waals surface area (Å²) in [5.74, 6) is 1.22. The molecular formula is C21H22ClN3O3. The minimum atomic E-state index is -0.106. The van der Waals surface area contributed by atoms with Crippen molar-refractivity contribution < 1.29 is 9.53 Å². The number of aromatic nitrogens is 2. The molecule has 0 saturated heterocycles. The first-order valence-electron chi connectivity index (χ1n) is 8.91. The summed E-state index contributed by atoms with van der Waals surface area (Å²) in [7, 11) is 5.00. The van der Waals surface area contributed by atoms with Crippen molar-refractivity contribution in [3.8, 4) is 5.75 Å². The lowest BCUT2D eigenvalue weighted by atomic mass is 10.1. The van der Waals surface area contributed by atoms with Gasteiger partial charge < -0.3 is 9.64 Å². The Morgan fingerprint density at radius 1 is 1.25 bits per heavy atom. The van der Waals surface area contributed by atoms with Crippen LogP contribution in [0, 0.1) is 0 Å². The van der Waals surface area contributed by atoms with E-state index >= 15 is 0 Å². The first kappa shape index (κ1) is 19.9. The van der Waals surface area contributed by atoms with Crippen molar-refractivity contribution in [3.63, 3.8) is 0 Å². The molecule has 3 aromatic rings. The lowest BCUT2D eigenvalue weighted by Crippen LogP contribution is -2.28. The van der Waals surface area contributed by atoms with Gasteiger partial charge in [-0.1, -0.05) is 23.7 Å². The third kappa shape index (κ3) is 4.17. The zero-order valence-electron chi connectivity index (χ0n) is 16.1. The molecule has 0 atom stereocenters. The lowest BCUT2D eigenvalue weighted by Gasteiger charge is -2.19. The third-order valence-corrected chi connectivity index (χ3v) is 4.95. The van der Waals surface area contributed by atoms with Gasteiger partial charge in [0.25, 0.3) is 5.56 Å². The average Bonchev–Trinajstić information content (AvgIpc) is 2.69. The van der Waals surface area contributed by atoms with Crippen molar-refractivity contribution in [1.29, 1.82) is 0 Å². The number of ether oxygens (including phenoxy) is 1. The Hall–Kier alpha value is -2.86. The molecule has 0 aliphatic heterocycles. The van der Waals surface area contributed by atoms with E-state index in [1.165, 1.54) is 4.57 Å². The maximum atomic E-state index is 12.6. The van der Waals surface area contributed by atoms with Crippen LogP contribution in [-0.2, 0) is 24.8 Å². The molecule has 0 N–H and O–H groups in total. The molecule has 146 valence electrons. The summed E-state index contributed by atoms with van der Waals surface area (Å²) in [6, 6.07) is 12.5. The molecular weight excluding hydrogens is 378 g/mol. The molecule has 0 saturated carbocycles. The molecule has 1 aromatic heterocycles. The summed E-state index contributed by atoms with van der Waals surface area (Å²) in [4.78, 5) is 31.2. The summed E-state index contributed by atoms with van der Waals surface area (Å²) in [6.45, 7) is 0.382. The van der Waals surface area contributed by atoms with Crippen LogP contribution in [-0.4, -0.2) is 34.5 Å². The summed E-state index contributed by atoms with van der Waals surface area (Å²) in [6.07, 6.45) is 0.629. The van der Waals surface area contributed by atoms with E-state index in [1.54, 1.807) is 56.4 Å². The lowest BCUT2D eigenvalue weighted by molar-refractivity contribution is -0.130. The molecule has 6 nitrogen and oxygen atoms in total. The maximum Gasteiger partial charge on any atom is 0.261 e. The highest BCUT2D eigenvalue weighted by molar-refractivity contribution is 6.30. The number of benzene rings is 2. The fraction of sp³-hybridized carbons (Fsp3) is 0.286. The van der Waals surface area contributed by atoms with Gasteiger partial charge in [0, 0.05) is 44.1 Å². The number of amides is 1. The van der Waals surface area contributed by atoms with Crippen molar-refractivity contribution in [2.24, 2.45) is 7.05 Å². The van der Waals surface area contributed by atoms with Crippen LogP contribution < -0.4 is 10.3 Å². The second kappa shape index (κ2) is 8.44. The van der Waals surface area contributed by atoms with Crippen LogP contribution in [0.1, 0.15) is 17.8 Å². The molecule has 0 bridgehead atoms. The Bertz CT molecular complexity index is 1080. The minimum Gasteiger partial charge on any atom is -0.496 e. The summed E-state index contributed by atoms with van der Waals surface area (Å²) in [5, 5.41) is 1.16. The van der Waals surface area contributed by atoms with Crippen molar-refractivity contribution >= 4 is 28.4 Å². The van der Waals surface area contributed by atoms with E-state index in [1.807, 2.05) is 12.1 Å². The van der Waals surface area contributed by atoms with E-state index < -0.39 is 0 Å². The largest absolute Gasteiger partial charge is 0.496 e. The number of nitrogens with zero attached hydrogens (tertiary/aromatic N) is 3. The number of carbonyl (C=O) groups excluding carboxylic acids is 1. The van der Waals surface area contributed by atoms with Crippen molar-refractivity contribution in [2.75, 3.05) is 14.2 Å². The van der Waals surface area contributed by atoms with Gasteiger partial charge in [-0.05, 0) is 30.3 Å². The minimum absolute atomic E-state index is 0.0514. The van der Waals surface area contributed by atoms with Crippen LogP contribution in [0.25, 0.3) is 10.9 Å². The second-order valence-electron chi connectivity index (χ2n) is 6.62. The maximum absolute atomic E-state index is 12.6. The zero-order chi connectivity index (χ0) is 20.3.